The Hall–Kier alpha value is -1.39. The second-order valence-corrected chi connectivity index (χ2v) is 4.76. The first kappa shape index (κ1) is 18.6. The van der Waals surface area contributed by atoms with Gasteiger partial charge in [0, 0.05) is 6.42 Å². The molecular formula is C15H26O5. The highest BCUT2D eigenvalue weighted by Gasteiger charge is 2.20. The number of hydrogen-bond donors (Lipinski definition) is 0. The van der Waals surface area contributed by atoms with Gasteiger partial charge in [-0.1, -0.05) is 32.6 Å². The molecular weight excluding hydrogens is 260 g/mol. The lowest BCUT2D eigenvalue weighted by Gasteiger charge is -2.11. The van der Waals surface area contributed by atoms with Crippen LogP contribution in [0.15, 0.2) is 0 Å². The van der Waals surface area contributed by atoms with Crippen molar-refractivity contribution >= 4 is 17.7 Å². The van der Waals surface area contributed by atoms with Crippen LogP contribution < -0.4 is 0 Å². The summed E-state index contributed by atoms with van der Waals surface area (Å²) in [4.78, 5) is 34.3. The third-order valence-corrected chi connectivity index (χ3v) is 2.83. The molecule has 5 heteroatoms. The van der Waals surface area contributed by atoms with Gasteiger partial charge in [-0.15, -0.1) is 0 Å². The Kier molecular flexibility index (Phi) is 10.6. The van der Waals surface area contributed by atoms with Crippen molar-refractivity contribution in [2.75, 3.05) is 6.61 Å². The quantitative estimate of drug-likeness (QED) is 0.332. The van der Waals surface area contributed by atoms with E-state index in [0.717, 1.165) is 25.7 Å². The first-order chi connectivity index (χ1) is 9.51. The first-order valence-electron chi connectivity index (χ1n) is 7.39. The van der Waals surface area contributed by atoms with Gasteiger partial charge in [-0.25, -0.2) is 4.79 Å². The lowest BCUT2D eigenvalue weighted by Crippen LogP contribution is -2.27. The maximum atomic E-state index is 11.5. The van der Waals surface area contributed by atoms with E-state index in [4.69, 9.17) is 9.47 Å². The summed E-state index contributed by atoms with van der Waals surface area (Å²) in [7, 11) is 0. The third-order valence-electron chi connectivity index (χ3n) is 2.83. The Labute approximate surface area is 121 Å². The van der Waals surface area contributed by atoms with Gasteiger partial charge in [0.05, 0.1) is 6.61 Å². The van der Waals surface area contributed by atoms with Crippen LogP contribution in [0.2, 0.25) is 0 Å². The van der Waals surface area contributed by atoms with Gasteiger partial charge in [-0.3, -0.25) is 9.59 Å². The summed E-state index contributed by atoms with van der Waals surface area (Å²) < 4.78 is 9.56. The minimum absolute atomic E-state index is 0.137. The number of rotatable bonds is 11. The number of ether oxygens (including phenoxy) is 2. The van der Waals surface area contributed by atoms with Crippen molar-refractivity contribution in [1.29, 1.82) is 0 Å². The molecule has 0 amide bonds. The summed E-state index contributed by atoms with van der Waals surface area (Å²) in [6.45, 7) is 5.48. The fourth-order valence-electron chi connectivity index (χ4n) is 1.72. The van der Waals surface area contributed by atoms with Crippen LogP contribution in [0.4, 0.5) is 0 Å². The largest absolute Gasteiger partial charge is 0.463 e. The molecule has 0 saturated carbocycles. The van der Waals surface area contributed by atoms with Crippen molar-refractivity contribution in [1.82, 2.24) is 0 Å². The molecule has 0 heterocycles. The van der Waals surface area contributed by atoms with E-state index in [0.29, 0.717) is 6.42 Å². The molecule has 0 radical (unpaired) electrons. The summed E-state index contributed by atoms with van der Waals surface area (Å²) in [5, 5.41) is 0. The Balaban J connectivity index is 3.79. The zero-order valence-electron chi connectivity index (χ0n) is 12.8. The molecule has 0 N–H and O–H groups in total. The van der Waals surface area contributed by atoms with E-state index in [1.807, 2.05) is 0 Å². The van der Waals surface area contributed by atoms with Crippen LogP contribution in [0.25, 0.3) is 0 Å². The Morgan fingerprint density at radius 3 is 2.25 bits per heavy atom. The number of unbranched alkanes of at least 4 members (excludes halogenated alkanes) is 4. The fraction of sp³-hybridized carbons (Fsp3) is 0.800. The van der Waals surface area contributed by atoms with E-state index in [1.54, 1.807) is 6.92 Å². The highest BCUT2D eigenvalue weighted by Crippen LogP contribution is 2.07. The molecule has 0 spiro atoms. The van der Waals surface area contributed by atoms with Crippen LogP contribution in [0.5, 0.6) is 0 Å². The molecule has 0 saturated heterocycles. The molecule has 0 aromatic carbocycles. The lowest BCUT2D eigenvalue weighted by atomic mass is 10.1. The Morgan fingerprint density at radius 2 is 1.65 bits per heavy atom. The van der Waals surface area contributed by atoms with Crippen LogP contribution in [0, 0.1) is 0 Å². The summed E-state index contributed by atoms with van der Waals surface area (Å²) >= 11 is 0. The maximum Gasteiger partial charge on any atom is 0.347 e. The predicted octanol–water partition coefficient (Wildman–Crippen LogP) is 2.80. The molecule has 1 unspecified atom stereocenters. The maximum absolute atomic E-state index is 11.5. The number of carbonyl (C=O) groups excluding carboxylic acids is 3. The first-order valence-corrected chi connectivity index (χ1v) is 7.39. The van der Waals surface area contributed by atoms with Gasteiger partial charge < -0.3 is 9.47 Å². The van der Waals surface area contributed by atoms with Crippen LogP contribution in [-0.4, -0.2) is 30.4 Å². The summed E-state index contributed by atoms with van der Waals surface area (Å²) in [5.74, 6) is -1.39. The van der Waals surface area contributed by atoms with E-state index in [9.17, 15) is 14.4 Å². The van der Waals surface area contributed by atoms with Gasteiger partial charge in [0.25, 0.3) is 0 Å². The average Bonchev–Trinajstić information content (AvgIpc) is 2.38. The summed E-state index contributed by atoms with van der Waals surface area (Å²) in [6.07, 6.45) is 4.44. The summed E-state index contributed by atoms with van der Waals surface area (Å²) in [6, 6.07) is 0. The van der Waals surface area contributed by atoms with E-state index in [-0.39, 0.29) is 18.8 Å². The highest BCUT2D eigenvalue weighted by molar-refractivity contribution is 5.96. The van der Waals surface area contributed by atoms with E-state index in [1.165, 1.54) is 13.3 Å². The van der Waals surface area contributed by atoms with Crippen molar-refractivity contribution < 1.29 is 23.9 Å². The molecule has 5 nitrogen and oxygen atoms in total. The zero-order valence-corrected chi connectivity index (χ0v) is 12.8. The van der Waals surface area contributed by atoms with Gasteiger partial charge in [0.15, 0.2) is 6.10 Å². The van der Waals surface area contributed by atoms with Crippen molar-refractivity contribution in [3.8, 4) is 0 Å². The molecule has 0 fully saturated rings. The molecule has 116 valence electrons. The van der Waals surface area contributed by atoms with E-state index < -0.39 is 18.0 Å². The highest BCUT2D eigenvalue weighted by atomic mass is 16.6. The van der Waals surface area contributed by atoms with Crippen molar-refractivity contribution in [3.63, 3.8) is 0 Å². The van der Waals surface area contributed by atoms with Crippen LogP contribution in [0.1, 0.15) is 65.7 Å². The number of Topliss-reactive ketones (excluding diaryl/α,β-unsaturated/α-hetero) is 1. The van der Waals surface area contributed by atoms with Crippen molar-refractivity contribution in [3.05, 3.63) is 0 Å². The van der Waals surface area contributed by atoms with Crippen LogP contribution in [0.3, 0.4) is 0 Å². The molecule has 0 aliphatic heterocycles. The van der Waals surface area contributed by atoms with Gasteiger partial charge >= 0.3 is 11.9 Å². The van der Waals surface area contributed by atoms with Gasteiger partial charge in [0.1, 0.15) is 12.2 Å². The lowest BCUT2D eigenvalue weighted by molar-refractivity contribution is -0.166. The molecule has 0 aliphatic rings. The minimum Gasteiger partial charge on any atom is -0.463 e. The van der Waals surface area contributed by atoms with Crippen molar-refractivity contribution in [2.24, 2.45) is 0 Å². The fourth-order valence-corrected chi connectivity index (χ4v) is 1.72. The van der Waals surface area contributed by atoms with Crippen LogP contribution >= 0.6 is 0 Å². The zero-order chi connectivity index (χ0) is 15.4. The molecule has 0 aromatic rings. The number of hydrogen-bond acceptors (Lipinski definition) is 5. The third kappa shape index (κ3) is 9.53. The Bertz CT molecular complexity index is 311. The normalized spacial score (nSPS) is 11.8. The van der Waals surface area contributed by atoms with E-state index in [2.05, 4.69) is 6.92 Å². The number of ketones is 1. The standard InChI is InChI=1S/C15H26O5/c1-4-6-7-8-9-10-13(16)11-14(17)20-12(3)15(18)19-5-2/h12H,4-11H2,1-3H3. The van der Waals surface area contributed by atoms with Gasteiger partial charge in [-0.2, -0.15) is 0 Å². The van der Waals surface area contributed by atoms with Gasteiger partial charge in [0.2, 0.25) is 0 Å². The number of esters is 2. The molecule has 0 rings (SSSR count). The molecule has 20 heavy (non-hydrogen) atoms. The molecule has 0 aliphatic carbocycles. The molecule has 0 bridgehead atoms. The smallest absolute Gasteiger partial charge is 0.347 e. The minimum atomic E-state index is -0.959. The molecule has 0 aromatic heterocycles. The second-order valence-electron chi connectivity index (χ2n) is 4.76. The monoisotopic (exact) mass is 286 g/mol. The number of carbonyl (C=O) groups is 3. The van der Waals surface area contributed by atoms with Gasteiger partial charge in [-0.05, 0) is 20.3 Å². The Morgan fingerprint density at radius 1 is 1.00 bits per heavy atom. The second kappa shape index (κ2) is 11.4. The SMILES string of the molecule is CCCCCCCC(=O)CC(=O)OC(C)C(=O)OCC. The predicted molar refractivity (Wildman–Crippen MR) is 75.2 cm³/mol. The van der Waals surface area contributed by atoms with Crippen molar-refractivity contribution in [2.45, 2.75) is 71.8 Å². The average molecular weight is 286 g/mol. The van der Waals surface area contributed by atoms with Crippen LogP contribution in [-0.2, 0) is 23.9 Å². The summed E-state index contributed by atoms with van der Waals surface area (Å²) in [5.41, 5.74) is 0. The molecule has 1 atom stereocenters. The van der Waals surface area contributed by atoms with E-state index >= 15 is 0 Å². The topological polar surface area (TPSA) is 69.7 Å².